The van der Waals surface area contributed by atoms with Crippen LogP contribution in [0.3, 0.4) is 0 Å². The average molecular weight is 359 g/mol. The van der Waals surface area contributed by atoms with Crippen molar-refractivity contribution in [2.45, 2.75) is 45.9 Å². The molecule has 1 unspecified atom stereocenters. The summed E-state index contributed by atoms with van der Waals surface area (Å²) in [7, 11) is 0. The van der Waals surface area contributed by atoms with Crippen LogP contribution in [0.15, 0.2) is 30.7 Å². The summed E-state index contributed by atoms with van der Waals surface area (Å²) in [6.45, 7) is 6.07. The van der Waals surface area contributed by atoms with E-state index in [1.54, 1.807) is 0 Å². The number of benzene rings is 1. The summed E-state index contributed by atoms with van der Waals surface area (Å²) in [5.41, 5.74) is 3.16. The van der Waals surface area contributed by atoms with Crippen LogP contribution in [0.2, 0.25) is 5.02 Å². The quantitative estimate of drug-likeness (QED) is 0.665. The average Bonchev–Trinajstić information content (AvgIpc) is 3.21. The van der Waals surface area contributed by atoms with Crippen molar-refractivity contribution in [3.63, 3.8) is 0 Å². The van der Waals surface area contributed by atoms with Crippen LogP contribution in [0.5, 0.6) is 0 Å². The van der Waals surface area contributed by atoms with Crippen LogP contribution in [0.1, 0.15) is 39.3 Å². The van der Waals surface area contributed by atoms with Crippen molar-refractivity contribution < 1.29 is 4.74 Å². The molecule has 1 aliphatic rings. The van der Waals surface area contributed by atoms with Crippen molar-refractivity contribution in [1.82, 2.24) is 19.6 Å². The molecular weight excluding hydrogens is 336 g/mol. The van der Waals surface area contributed by atoms with Gasteiger partial charge in [-0.05, 0) is 42.9 Å². The van der Waals surface area contributed by atoms with E-state index in [1.807, 2.05) is 33.9 Å². The maximum absolute atomic E-state index is 6.42. The zero-order chi connectivity index (χ0) is 17.4. The van der Waals surface area contributed by atoms with Gasteiger partial charge in [0.05, 0.1) is 17.9 Å². The molecule has 0 amide bonds. The Hall–Kier alpha value is -1.85. The first-order valence-electron chi connectivity index (χ1n) is 8.93. The SMILES string of the molecule is CC(C)Cn1cc(-c2cc(Cl)cc3c2cnn3C2CCCCO2)cn1. The summed E-state index contributed by atoms with van der Waals surface area (Å²) >= 11 is 6.42. The minimum absolute atomic E-state index is 0.00114. The molecule has 0 aliphatic carbocycles. The lowest BCUT2D eigenvalue weighted by Gasteiger charge is -2.23. The van der Waals surface area contributed by atoms with Crippen LogP contribution in [-0.2, 0) is 11.3 Å². The Bertz CT molecular complexity index is 877. The van der Waals surface area contributed by atoms with E-state index in [-0.39, 0.29) is 6.23 Å². The molecule has 3 aromatic rings. The number of halogens is 1. The van der Waals surface area contributed by atoms with E-state index in [9.17, 15) is 0 Å². The van der Waals surface area contributed by atoms with Crippen LogP contribution < -0.4 is 0 Å². The van der Waals surface area contributed by atoms with Crippen molar-refractivity contribution in [2.75, 3.05) is 6.61 Å². The van der Waals surface area contributed by atoms with Gasteiger partial charge in [-0.3, -0.25) is 4.68 Å². The van der Waals surface area contributed by atoms with E-state index in [4.69, 9.17) is 16.3 Å². The first-order valence-corrected chi connectivity index (χ1v) is 9.31. The molecule has 0 radical (unpaired) electrons. The fraction of sp³-hybridized carbons (Fsp3) is 0.474. The highest BCUT2D eigenvalue weighted by Crippen LogP contribution is 2.34. The molecule has 1 aliphatic heterocycles. The van der Waals surface area contributed by atoms with Crippen molar-refractivity contribution in [3.8, 4) is 11.1 Å². The summed E-state index contributed by atoms with van der Waals surface area (Å²) in [6, 6.07) is 3.97. The Morgan fingerprint density at radius 3 is 2.88 bits per heavy atom. The van der Waals surface area contributed by atoms with Crippen molar-refractivity contribution in [3.05, 3.63) is 35.7 Å². The number of hydrogen-bond acceptors (Lipinski definition) is 3. The van der Waals surface area contributed by atoms with Crippen molar-refractivity contribution >= 4 is 22.5 Å². The fourth-order valence-electron chi connectivity index (χ4n) is 3.47. The van der Waals surface area contributed by atoms with E-state index in [2.05, 4.69) is 30.2 Å². The topological polar surface area (TPSA) is 44.9 Å². The lowest BCUT2D eigenvalue weighted by molar-refractivity contribution is -0.0366. The van der Waals surface area contributed by atoms with E-state index in [1.165, 1.54) is 6.42 Å². The van der Waals surface area contributed by atoms with E-state index in [0.717, 1.165) is 48.0 Å². The molecule has 2 aromatic heterocycles. The van der Waals surface area contributed by atoms with E-state index >= 15 is 0 Å². The van der Waals surface area contributed by atoms with E-state index < -0.39 is 0 Å². The molecule has 0 bridgehead atoms. The van der Waals surface area contributed by atoms with Gasteiger partial charge >= 0.3 is 0 Å². The summed E-state index contributed by atoms with van der Waals surface area (Å²) in [4.78, 5) is 0. The maximum Gasteiger partial charge on any atom is 0.150 e. The third-order valence-electron chi connectivity index (χ3n) is 4.61. The molecule has 1 aromatic carbocycles. The van der Waals surface area contributed by atoms with E-state index in [0.29, 0.717) is 10.9 Å². The van der Waals surface area contributed by atoms with Crippen LogP contribution in [0, 0.1) is 5.92 Å². The van der Waals surface area contributed by atoms with Gasteiger partial charge in [0.2, 0.25) is 0 Å². The van der Waals surface area contributed by atoms with Gasteiger partial charge in [0.15, 0.2) is 6.23 Å². The number of hydrogen-bond donors (Lipinski definition) is 0. The van der Waals surface area contributed by atoms with Gasteiger partial charge in [-0.1, -0.05) is 25.4 Å². The summed E-state index contributed by atoms with van der Waals surface area (Å²) < 4.78 is 9.87. The molecule has 25 heavy (non-hydrogen) atoms. The molecule has 0 saturated carbocycles. The molecule has 132 valence electrons. The summed E-state index contributed by atoms with van der Waals surface area (Å²) in [5.74, 6) is 0.554. The number of ether oxygens (including phenoxy) is 1. The second-order valence-corrected chi connectivity index (χ2v) is 7.58. The molecule has 3 heterocycles. The van der Waals surface area contributed by atoms with Gasteiger partial charge in [0.25, 0.3) is 0 Å². The van der Waals surface area contributed by atoms with Gasteiger partial charge in [-0.2, -0.15) is 10.2 Å². The third kappa shape index (κ3) is 3.31. The van der Waals surface area contributed by atoms with Gasteiger partial charge in [0.1, 0.15) is 0 Å². The highest BCUT2D eigenvalue weighted by atomic mass is 35.5. The molecule has 6 heteroatoms. The number of nitrogens with zero attached hydrogens (tertiary/aromatic N) is 4. The van der Waals surface area contributed by atoms with Crippen LogP contribution in [0.25, 0.3) is 22.0 Å². The smallest absolute Gasteiger partial charge is 0.150 e. The van der Waals surface area contributed by atoms with Gasteiger partial charge in [-0.25, -0.2) is 4.68 Å². The van der Waals surface area contributed by atoms with Gasteiger partial charge in [-0.15, -0.1) is 0 Å². The standard InChI is InChI=1S/C19H23ClN4O/c1-13(2)11-23-12-14(9-21-23)16-7-15(20)8-18-17(16)10-22-24(18)19-5-3-4-6-25-19/h7-10,12-13,19H,3-6,11H2,1-2H3. The zero-order valence-electron chi connectivity index (χ0n) is 14.7. The van der Waals surface area contributed by atoms with Crippen molar-refractivity contribution in [1.29, 1.82) is 0 Å². The molecule has 4 rings (SSSR count). The predicted octanol–water partition coefficient (Wildman–Crippen LogP) is 4.91. The Morgan fingerprint density at radius 2 is 2.12 bits per heavy atom. The highest BCUT2D eigenvalue weighted by Gasteiger charge is 2.20. The van der Waals surface area contributed by atoms with Crippen LogP contribution in [0.4, 0.5) is 0 Å². The molecule has 1 fully saturated rings. The van der Waals surface area contributed by atoms with Gasteiger partial charge < -0.3 is 4.74 Å². The summed E-state index contributed by atoms with van der Waals surface area (Å²) in [5, 5.41) is 10.9. The minimum atomic E-state index is 0.00114. The molecule has 0 N–H and O–H groups in total. The Morgan fingerprint density at radius 1 is 1.24 bits per heavy atom. The molecule has 1 atom stereocenters. The summed E-state index contributed by atoms with van der Waals surface area (Å²) in [6.07, 6.45) is 9.19. The monoisotopic (exact) mass is 358 g/mol. The first-order chi connectivity index (χ1) is 12.1. The number of rotatable bonds is 4. The second-order valence-electron chi connectivity index (χ2n) is 7.14. The van der Waals surface area contributed by atoms with Gasteiger partial charge in [0, 0.05) is 35.3 Å². The lowest BCUT2D eigenvalue weighted by Crippen LogP contribution is -2.18. The van der Waals surface area contributed by atoms with Crippen molar-refractivity contribution in [2.24, 2.45) is 5.92 Å². The third-order valence-corrected chi connectivity index (χ3v) is 4.82. The zero-order valence-corrected chi connectivity index (χ0v) is 15.4. The van der Waals surface area contributed by atoms with Crippen LogP contribution in [-0.4, -0.2) is 26.2 Å². The van der Waals surface area contributed by atoms with Crippen LogP contribution >= 0.6 is 11.6 Å². The molecular formula is C19H23ClN4O. The lowest BCUT2D eigenvalue weighted by atomic mass is 10.1. The number of aromatic nitrogens is 4. The first kappa shape index (κ1) is 16.6. The second kappa shape index (κ2) is 6.81. The highest BCUT2D eigenvalue weighted by molar-refractivity contribution is 6.31. The maximum atomic E-state index is 6.42. The molecule has 0 spiro atoms. The fourth-order valence-corrected chi connectivity index (χ4v) is 3.69. The molecule has 1 saturated heterocycles. The molecule has 5 nitrogen and oxygen atoms in total. The number of fused-ring (bicyclic) bond motifs is 1. The Kier molecular flexibility index (Phi) is 4.52. The largest absolute Gasteiger partial charge is 0.356 e. The normalized spacial score (nSPS) is 18.3. The Labute approximate surface area is 152 Å². The minimum Gasteiger partial charge on any atom is -0.356 e. The predicted molar refractivity (Wildman–Crippen MR) is 99.6 cm³/mol. The Balaban J connectivity index is 1.76.